The Labute approximate surface area is 163 Å². The minimum absolute atomic E-state index is 0.221. The zero-order valence-corrected chi connectivity index (χ0v) is 15.9. The monoisotopic (exact) mass is 423 g/mol. The number of halogens is 1. The van der Waals surface area contributed by atoms with Gasteiger partial charge in [0.05, 0.1) is 11.1 Å². The maximum Gasteiger partial charge on any atom is 0.334 e. The summed E-state index contributed by atoms with van der Waals surface area (Å²) in [6.45, 7) is 1.37. The van der Waals surface area contributed by atoms with E-state index in [1.807, 2.05) is 24.3 Å². The van der Waals surface area contributed by atoms with Crippen LogP contribution in [0.2, 0.25) is 0 Å². The maximum atomic E-state index is 13.1. The number of hydrogen-bond donors (Lipinski definition) is 1. The molecular weight excluding hydrogens is 410 g/mol. The van der Waals surface area contributed by atoms with Crippen molar-refractivity contribution in [1.82, 2.24) is 4.90 Å². The summed E-state index contributed by atoms with van der Waals surface area (Å²) in [5, 5.41) is 11.6. The number of rotatable bonds is 3. The first-order chi connectivity index (χ1) is 12.9. The maximum absolute atomic E-state index is 13.1. The molecule has 0 aliphatic carbocycles. The molecule has 2 amide bonds. The number of aliphatic carboxylic acids is 1. The van der Waals surface area contributed by atoms with Crippen LogP contribution < -0.4 is 0 Å². The topological polar surface area (TPSA) is 74.7 Å². The molecule has 3 aromatic carbocycles. The number of carboxylic acids is 1. The summed E-state index contributed by atoms with van der Waals surface area (Å²) < 4.78 is 0.511. The van der Waals surface area contributed by atoms with Gasteiger partial charge < -0.3 is 5.11 Å². The molecule has 1 N–H and O–H groups in total. The van der Waals surface area contributed by atoms with Gasteiger partial charge in [-0.15, -0.1) is 0 Å². The molecule has 6 heteroatoms. The highest BCUT2D eigenvalue weighted by Gasteiger charge is 2.52. The van der Waals surface area contributed by atoms with Crippen molar-refractivity contribution in [2.45, 2.75) is 12.5 Å². The Morgan fingerprint density at radius 2 is 1.41 bits per heavy atom. The van der Waals surface area contributed by atoms with E-state index in [4.69, 9.17) is 0 Å². The van der Waals surface area contributed by atoms with Crippen molar-refractivity contribution in [3.63, 3.8) is 0 Å². The van der Waals surface area contributed by atoms with Crippen molar-refractivity contribution >= 4 is 44.5 Å². The van der Waals surface area contributed by atoms with Crippen LogP contribution in [0.25, 0.3) is 10.8 Å². The fourth-order valence-electron chi connectivity index (χ4n) is 3.52. The first kappa shape index (κ1) is 17.4. The molecule has 134 valence electrons. The molecule has 1 atom stereocenters. The van der Waals surface area contributed by atoms with E-state index in [9.17, 15) is 19.5 Å². The largest absolute Gasteiger partial charge is 0.479 e. The Bertz CT molecular complexity index is 1090. The lowest BCUT2D eigenvalue weighted by atomic mass is 9.90. The summed E-state index contributed by atoms with van der Waals surface area (Å²) in [5.41, 5.74) is -1.08. The first-order valence-electron chi connectivity index (χ1n) is 8.26. The third-order valence-corrected chi connectivity index (χ3v) is 5.71. The summed E-state index contributed by atoms with van der Waals surface area (Å²) >= 11 is 3.35. The van der Waals surface area contributed by atoms with Crippen molar-refractivity contribution in [2.24, 2.45) is 0 Å². The van der Waals surface area contributed by atoms with Crippen LogP contribution in [0.4, 0.5) is 0 Å². The van der Waals surface area contributed by atoms with Crippen LogP contribution in [0.3, 0.4) is 0 Å². The number of fused-ring (bicyclic) bond motifs is 2. The third kappa shape index (κ3) is 2.40. The molecule has 0 aromatic heterocycles. The second-order valence-electron chi connectivity index (χ2n) is 6.55. The quantitative estimate of drug-likeness (QED) is 0.640. The lowest BCUT2D eigenvalue weighted by Gasteiger charge is -2.34. The van der Waals surface area contributed by atoms with Gasteiger partial charge in [0, 0.05) is 10.0 Å². The highest BCUT2D eigenvalue weighted by molar-refractivity contribution is 9.10. The number of amides is 2. The van der Waals surface area contributed by atoms with Crippen molar-refractivity contribution in [3.8, 4) is 0 Å². The fourth-order valence-corrected chi connectivity index (χ4v) is 4.19. The molecule has 0 saturated heterocycles. The molecule has 1 aliphatic heterocycles. The summed E-state index contributed by atoms with van der Waals surface area (Å²) in [5.74, 6) is -2.50. The van der Waals surface area contributed by atoms with Gasteiger partial charge in [-0.2, -0.15) is 0 Å². The van der Waals surface area contributed by atoms with Crippen LogP contribution in [0.5, 0.6) is 0 Å². The normalized spacial score (nSPS) is 15.7. The van der Waals surface area contributed by atoms with Gasteiger partial charge in [-0.25, -0.2) is 4.79 Å². The summed E-state index contributed by atoms with van der Waals surface area (Å²) in [6, 6.07) is 17.4. The molecule has 0 bridgehead atoms. The minimum atomic E-state index is -1.85. The molecule has 5 nitrogen and oxygen atoms in total. The summed E-state index contributed by atoms with van der Waals surface area (Å²) in [4.78, 5) is 39.3. The molecule has 4 rings (SSSR count). The minimum Gasteiger partial charge on any atom is -0.479 e. The number of carbonyl (C=O) groups is 3. The van der Waals surface area contributed by atoms with E-state index in [2.05, 4.69) is 15.9 Å². The van der Waals surface area contributed by atoms with E-state index in [1.54, 1.807) is 36.4 Å². The van der Waals surface area contributed by atoms with Crippen molar-refractivity contribution < 1.29 is 19.5 Å². The number of carboxylic acid groups (broad SMARTS) is 1. The van der Waals surface area contributed by atoms with Crippen LogP contribution in [-0.4, -0.2) is 27.8 Å². The van der Waals surface area contributed by atoms with Crippen LogP contribution in [0, 0.1) is 0 Å². The summed E-state index contributed by atoms with van der Waals surface area (Å²) in [6.07, 6.45) is 0. The highest BCUT2D eigenvalue weighted by Crippen LogP contribution is 2.40. The fraction of sp³-hybridized carbons (Fsp3) is 0.0952. The second kappa shape index (κ2) is 6.03. The van der Waals surface area contributed by atoms with Gasteiger partial charge in [0.2, 0.25) is 0 Å². The van der Waals surface area contributed by atoms with Gasteiger partial charge in [-0.1, -0.05) is 58.4 Å². The van der Waals surface area contributed by atoms with Crippen molar-refractivity contribution in [2.75, 3.05) is 0 Å². The number of imide groups is 1. The van der Waals surface area contributed by atoms with Crippen LogP contribution in [0.15, 0.2) is 65.1 Å². The summed E-state index contributed by atoms with van der Waals surface area (Å²) in [7, 11) is 0. The zero-order valence-electron chi connectivity index (χ0n) is 14.3. The van der Waals surface area contributed by atoms with E-state index in [-0.39, 0.29) is 11.1 Å². The van der Waals surface area contributed by atoms with Crippen LogP contribution >= 0.6 is 15.9 Å². The Morgan fingerprint density at radius 3 is 1.89 bits per heavy atom. The Morgan fingerprint density at radius 1 is 0.926 bits per heavy atom. The smallest absolute Gasteiger partial charge is 0.334 e. The molecule has 0 radical (unpaired) electrons. The van der Waals surface area contributed by atoms with E-state index in [0.717, 1.165) is 15.7 Å². The average molecular weight is 424 g/mol. The van der Waals surface area contributed by atoms with Gasteiger partial charge in [-0.05, 0) is 35.9 Å². The zero-order chi connectivity index (χ0) is 19.3. The lowest BCUT2D eigenvalue weighted by Crippen LogP contribution is -2.52. The Hall–Kier alpha value is -2.99. The van der Waals surface area contributed by atoms with E-state index in [1.165, 1.54) is 6.92 Å². The number of carbonyl (C=O) groups excluding carboxylic acids is 2. The molecule has 0 spiro atoms. The molecule has 1 aliphatic rings. The van der Waals surface area contributed by atoms with Crippen LogP contribution in [-0.2, 0) is 10.3 Å². The SMILES string of the molecule is CC(C(=O)O)(c1ccccc1Br)N1C(=O)c2cc3ccccc3cc2C1=O. The van der Waals surface area contributed by atoms with E-state index in [0.29, 0.717) is 10.0 Å². The van der Waals surface area contributed by atoms with Gasteiger partial charge in [0.15, 0.2) is 5.54 Å². The second-order valence-corrected chi connectivity index (χ2v) is 7.40. The molecule has 0 saturated carbocycles. The number of hydrogen-bond acceptors (Lipinski definition) is 3. The molecule has 27 heavy (non-hydrogen) atoms. The average Bonchev–Trinajstić information content (AvgIpc) is 2.90. The predicted octanol–water partition coefficient (Wildman–Crippen LogP) is 4.20. The van der Waals surface area contributed by atoms with E-state index < -0.39 is 23.3 Å². The molecule has 1 heterocycles. The van der Waals surface area contributed by atoms with Gasteiger partial charge in [0.25, 0.3) is 11.8 Å². The third-order valence-electron chi connectivity index (χ3n) is 5.01. The molecular formula is C21H14BrNO4. The van der Waals surface area contributed by atoms with Gasteiger partial charge in [-0.3, -0.25) is 14.5 Å². The van der Waals surface area contributed by atoms with Crippen molar-refractivity contribution in [3.05, 3.63) is 81.8 Å². The highest BCUT2D eigenvalue weighted by atomic mass is 79.9. The number of nitrogens with zero attached hydrogens (tertiary/aromatic N) is 1. The number of benzene rings is 3. The van der Waals surface area contributed by atoms with E-state index >= 15 is 0 Å². The Balaban J connectivity index is 1.94. The lowest BCUT2D eigenvalue weighted by molar-refractivity contribution is -0.148. The predicted molar refractivity (Wildman–Crippen MR) is 104 cm³/mol. The van der Waals surface area contributed by atoms with Gasteiger partial charge in [0.1, 0.15) is 0 Å². The molecule has 3 aromatic rings. The molecule has 0 fully saturated rings. The Kier molecular flexibility index (Phi) is 3.89. The van der Waals surface area contributed by atoms with Gasteiger partial charge >= 0.3 is 5.97 Å². The van der Waals surface area contributed by atoms with Crippen molar-refractivity contribution in [1.29, 1.82) is 0 Å². The standard InChI is InChI=1S/C21H14BrNO4/c1-21(20(26)27,16-8-4-5-9-17(16)22)23-18(24)14-10-12-6-2-3-7-13(12)11-15(14)19(23)25/h2-11H,1H3,(H,26,27). The molecule has 1 unspecified atom stereocenters. The first-order valence-corrected chi connectivity index (χ1v) is 9.05. The van der Waals surface area contributed by atoms with Crippen LogP contribution in [0.1, 0.15) is 33.2 Å².